The third-order valence-corrected chi connectivity index (χ3v) is 3.98. The summed E-state index contributed by atoms with van der Waals surface area (Å²) >= 11 is 6.08. The first-order valence-corrected chi connectivity index (χ1v) is 8.28. The van der Waals surface area contributed by atoms with Crippen LogP contribution in [0.25, 0.3) is 0 Å². The van der Waals surface area contributed by atoms with E-state index in [1.807, 2.05) is 61.5 Å². The average Bonchev–Trinajstić information content (AvgIpc) is 2.64. The highest BCUT2D eigenvalue weighted by Gasteiger charge is 2.20. The Morgan fingerprint density at radius 1 is 1.04 bits per heavy atom. The summed E-state index contributed by atoms with van der Waals surface area (Å²) in [5.41, 5.74) is 3.37. The Kier molecular flexibility index (Phi) is 5.29. The first-order chi connectivity index (χ1) is 12.6. The van der Waals surface area contributed by atoms with Crippen LogP contribution in [0.4, 0.5) is 10.5 Å². The van der Waals surface area contributed by atoms with Gasteiger partial charge in [0.25, 0.3) is 0 Å². The van der Waals surface area contributed by atoms with Crippen molar-refractivity contribution in [1.82, 2.24) is 4.98 Å². The van der Waals surface area contributed by atoms with E-state index in [1.165, 1.54) is 6.20 Å². The second-order valence-corrected chi connectivity index (χ2v) is 5.95. The number of hydrogen-bond acceptors (Lipinski definition) is 3. The Labute approximate surface area is 156 Å². The third kappa shape index (κ3) is 3.90. The predicted molar refractivity (Wildman–Crippen MR) is 103 cm³/mol. The van der Waals surface area contributed by atoms with Gasteiger partial charge in [-0.15, -0.1) is 0 Å². The highest BCUT2D eigenvalue weighted by Crippen LogP contribution is 2.25. The summed E-state index contributed by atoms with van der Waals surface area (Å²) in [7, 11) is 0. The Balaban J connectivity index is 2.19. The lowest BCUT2D eigenvalue weighted by Crippen LogP contribution is -2.26. The largest absolute Gasteiger partial charge is 0.463 e. The second-order valence-electron chi connectivity index (χ2n) is 5.59. The number of hydrazone groups is 1. The van der Waals surface area contributed by atoms with Crippen molar-refractivity contribution in [3.63, 3.8) is 0 Å². The zero-order chi connectivity index (χ0) is 18.5. The Bertz CT molecular complexity index is 958. The van der Waals surface area contributed by atoms with Crippen LogP contribution in [0.15, 0.2) is 78.0 Å². The number of benzene rings is 2. The summed E-state index contributed by atoms with van der Waals surface area (Å²) in [4.78, 5) is 15.8. The normalized spacial score (nSPS) is 11.2. The molecule has 0 aliphatic rings. The zero-order valence-corrected chi connectivity index (χ0v) is 14.8. The molecule has 26 heavy (non-hydrogen) atoms. The first kappa shape index (κ1) is 17.6. The monoisotopic (exact) mass is 365 g/mol. The van der Waals surface area contributed by atoms with Gasteiger partial charge in [0.15, 0.2) is 5.15 Å². The zero-order valence-electron chi connectivity index (χ0n) is 14.0. The maximum Gasteiger partial charge on any atom is 0.432 e. The van der Waals surface area contributed by atoms with Gasteiger partial charge < -0.3 is 5.11 Å². The van der Waals surface area contributed by atoms with Gasteiger partial charge in [0.2, 0.25) is 0 Å². The number of nitrogens with zero attached hydrogens (tertiary/aromatic N) is 3. The maximum atomic E-state index is 11.8. The SMILES string of the molecule is Cc1cccc(C(=NN(C(=O)O)c2cccnc2Cl)c2ccccc2)c1. The topological polar surface area (TPSA) is 65.8 Å². The van der Waals surface area contributed by atoms with Gasteiger partial charge in [0.05, 0.1) is 5.71 Å². The number of rotatable bonds is 4. The van der Waals surface area contributed by atoms with Crippen molar-refractivity contribution in [1.29, 1.82) is 0 Å². The van der Waals surface area contributed by atoms with Crippen LogP contribution < -0.4 is 5.01 Å². The minimum absolute atomic E-state index is 0.0651. The Morgan fingerprint density at radius 3 is 2.42 bits per heavy atom. The molecule has 0 unspecified atom stereocenters. The fraction of sp³-hybridized carbons (Fsp3) is 0.0500. The number of anilines is 1. The summed E-state index contributed by atoms with van der Waals surface area (Å²) in [5, 5.41) is 15.0. The lowest BCUT2D eigenvalue weighted by atomic mass is 10.0. The van der Waals surface area contributed by atoms with Gasteiger partial charge in [-0.2, -0.15) is 10.1 Å². The summed E-state index contributed by atoms with van der Waals surface area (Å²) in [6.45, 7) is 1.97. The van der Waals surface area contributed by atoms with E-state index < -0.39 is 6.09 Å². The van der Waals surface area contributed by atoms with Gasteiger partial charge >= 0.3 is 6.09 Å². The van der Waals surface area contributed by atoms with E-state index in [0.717, 1.165) is 21.7 Å². The quantitative estimate of drug-likeness (QED) is 0.403. The molecule has 5 nitrogen and oxygen atoms in total. The van der Waals surface area contributed by atoms with E-state index in [9.17, 15) is 9.90 Å². The smallest absolute Gasteiger partial charge is 0.432 e. The molecule has 1 amide bonds. The van der Waals surface area contributed by atoms with Crippen LogP contribution in [0, 0.1) is 6.92 Å². The molecule has 1 heterocycles. The Hall–Kier alpha value is -3.18. The molecule has 2 aromatic carbocycles. The van der Waals surface area contributed by atoms with Crippen LogP contribution in [0.3, 0.4) is 0 Å². The van der Waals surface area contributed by atoms with Crippen molar-refractivity contribution >= 4 is 29.1 Å². The highest BCUT2D eigenvalue weighted by atomic mass is 35.5. The lowest BCUT2D eigenvalue weighted by Gasteiger charge is -2.17. The van der Waals surface area contributed by atoms with Gasteiger partial charge in [-0.1, -0.05) is 65.7 Å². The molecule has 1 aromatic heterocycles. The minimum Gasteiger partial charge on any atom is -0.463 e. The number of pyridine rings is 1. The van der Waals surface area contributed by atoms with E-state index in [0.29, 0.717) is 5.71 Å². The number of hydrogen-bond donors (Lipinski definition) is 1. The molecule has 0 saturated heterocycles. The van der Waals surface area contributed by atoms with Crippen LogP contribution in [0.5, 0.6) is 0 Å². The van der Waals surface area contributed by atoms with Crippen molar-refractivity contribution in [3.05, 3.63) is 94.8 Å². The minimum atomic E-state index is -1.25. The van der Waals surface area contributed by atoms with Crippen molar-refractivity contribution in [2.45, 2.75) is 6.92 Å². The van der Waals surface area contributed by atoms with E-state index in [2.05, 4.69) is 10.1 Å². The molecular formula is C20H16ClN3O2. The predicted octanol–water partition coefficient (Wildman–Crippen LogP) is 4.98. The number of amides is 1. The third-order valence-electron chi connectivity index (χ3n) is 3.69. The molecule has 0 bridgehead atoms. The maximum absolute atomic E-state index is 11.8. The van der Waals surface area contributed by atoms with Crippen molar-refractivity contribution in [3.8, 4) is 0 Å². The molecule has 0 aliphatic heterocycles. The van der Waals surface area contributed by atoms with E-state index in [4.69, 9.17) is 11.6 Å². The van der Waals surface area contributed by atoms with Crippen LogP contribution in [0.2, 0.25) is 5.15 Å². The number of halogens is 1. The molecule has 0 saturated carbocycles. The molecule has 3 aromatic rings. The fourth-order valence-corrected chi connectivity index (χ4v) is 2.71. The summed E-state index contributed by atoms with van der Waals surface area (Å²) < 4.78 is 0. The van der Waals surface area contributed by atoms with Crippen LogP contribution in [-0.2, 0) is 0 Å². The molecule has 0 atom stereocenters. The van der Waals surface area contributed by atoms with Crippen LogP contribution in [-0.4, -0.2) is 21.9 Å². The lowest BCUT2D eigenvalue weighted by molar-refractivity contribution is 0.202. The molecule has 1 N–H and O–H groups in total. The number of carbonyl (C=O) groups is 1. The van der Waals surface area contributed by atoms with Crippen molar-refractivity contribution < 1.29 is 9.90 Å². The molecule has 0 spiro atoms. The fourth-order valence-electron chi connectivity index (χ4n) is 2.51. The van der Waals surface area contributed by atoms with Crippen molar-refractivity contribution in [2.75, 3.05) is 5.01 Å². The molecule has 0 radical (unpaired) electrons. The van der Waals surface area contributed by atoms with E-state index in [1.54, 1.807) is 12.1 Å². The van der Waals surface area contributed by atoms with Gasteiger partial charge in [-0.3, -0.25) is 0 Å². The number of carboxylic acid groups (broad SMARTS) is 1. The molecule has 0 fully saturated rings. The summed E-state index contributed by atoms with van der Waals surface area (Å²) in [5.74, 6) is 0. The van der Waals surface area contributed by atoms with E-state index in [-0.39, 0.29) is 10.8 Å². The second kappa shape index (κ2) is 7.80. The van der Waals surface area contributed by atoms with Crippen LogP contribution in [0.1, 0.15) is 16.7 Å². The molecule has 3 rings (SSSR count). The molecule has 130 valence electrons. The number of aromatic nitrogens is 1. The van der Waals surface area contributed by atoms with Gasteiger partial charge in [0, 0.05) is 17.3 Å². The average molecular weight is 366 g/mol. The molecule has 0 aliphatic carbocycles. The van der Waals surface area contributed by atoms with Crippen LogP contribution >= 0.6 is 11.6 Å². The highest BCUT2D eigenvalue weighted by molar-refractivity contribution is 6.32. The summed E-state index contributed by atoms with van der Waals surface area (Å²) in [6.07, 6.45) is 0.245. The number of aryl methyl sites for hydroxylation is 1. The molecular weight excluding hydrogens is 350 g/mol. The van der Waals surface area contributed by atoms with Gasteiger partial charge in [-0.05, 0) is 25.1 Å². The Morgan fingerprint density at radius 2 is 1.77 bits per heavy atom. The van der Waals surface area contributed by atoms with Gasteiger partial charge in [-0.25, -0.2) is 9.78 Å². The standard InChI is InChI=1S/C20H16ClN3O2/c1-14-7-5-10-16(13-14)18(15-8-3-2-4-9-15)23-24(20(25)26)17-11-6-12-22-19(17)21/h2-13H,1H3,(H,25,26). The van der Waals surface area contributed by atoms with Gasteiger partial charge in [0.1, 0.15) is 5.69 Å². The first-order valence-electron chi connectivity index (χ1n) is 7.91. The molecule has 6 heteroatoms. The van der Waals surface area contributed by atoms with E-state index >= 15 is 0 Å². The van der Waals surface area contributed by atoms with Crippen molar-refractivity contribution in [2.24, 2.45) is 5.10 Å². The summed E-state index contributed by atoms with van der Waals surface area (Å²) in [6, 6.07) is 20.3.